The molecule has 2 N–H and O–H groups in total. The van der Waals surface area contributed by atoms with Crippen LogP contribution < -0.4 is 11.3 Å². The van der Waals surface area contributed by atoms with Gasteiger partial charge in [-0.15, -0.1) is 11.3 Å². The summed E-state index contributed by atoms with van der Waals surface area (Å²) in [7, 11) is 1.56. The molecule has 3 aromatic rings. The predicted octanol–water partition coefficient (Wildman–Crippen LogP) is 2.55. The minimum atomic E-state index is -0.596. The van der Waals surface area contributed by atoms with E-state index in [0.29, 0.717) is 45.1 Å². The maximum atomic E-state index is 13.2. The van der Waals surface area contributed by atoms with Crippen LogP contribution in [0.5, 0.6) is 0 Å². The van der Waals surface area contributed by atoms with Gasteiger partial charge in [-0.05, 0) is 43.5 Å². The molecule has 0 saturated carbocycles. The monoisotopic (exact) mass is 413 g/mol. The Hall–Kier alpha value is -2.84. The molecule has 2 aromatic heterocycles. The highest BCUT2D eigenvalue weighted by Gasteiger charge is 2.21. The number of carbonyl (C=O) groups excluding carboxylic acids is 2. The lowest BCUT2D eigenvalue weighted by Crippen LogP contribution is -2.29. The molecule has 8 heteroatoms. The number of Topliss-reactive ketones (excluding diaryl/α,β-unsaturated/α-hetero) is 1. The number of amides is 1. The molecule has 0 unspecified atom stereocenters. The van der Waals surface area contributed by atoms with Gasteiger partial charge in [0.25, 0.3) is 11.5 Å². The Kier molecular flexibility index (Phi) is 5.95. The summed E-state index contributed by atoms with van der Waals surface area (Å²) in [5.41, 5.74) is 8.22. The second-order valence-corrected chi connectivity index (χ2v) is 7.98. The standard InChI is InChI=1S/C21H23N3O4S/c1-11-5-6-14(9-12(11)2)15(25)10-24-16(7-8-28-4)23-20-17(21(24)27)13(3)18(29-20)19(22)26/h5-6,9H,7-8,10H2,1-4H3,(H2,22,26). The largest absolute Gasteiger partial charge is 0.384 e. The van der Waals surface area contributed by atoms with Gasteiger partial charge >= 0.3 is 0 Å². The van der Waals surface area contributed by atoms with Crippen molar-refractivity contribution in [3.63, 3.8) is 0 Å². The zero-order chi connectivity index (χ0) is 21.3. The van der Waals surface area contributed by atoms with Gasteiger partial charge in [-0.1, -0.05) is 12.1 Å². The minimum Gasteiger partial charge on any atom is -0.384 e. The first-order valence-electron chi connectivity index (χ1n) is 9.16. The summed E-state index contributed by atoms with van der Waals surface area (Å²) < 4.78 is 6.51. The number of nitrogens with zero attached hydrogens (tertiary/aromatic N) is 2. The van der Waals surface area contributed by atoms with Gasteiger partial charge < -0.3 is 10.5 Å². The van der Waals surface area contributed by atoms with Crippen LogP contribution in [0.3, 0.4) is 0 Å². The normalized spacial score (nSPS) is 11.2. The molecular weight excluding hydrogens is 390 g/mol. The van der Waals surface area contributed by atoms with E-state index in [1.54, 1.807) is 20.1 Å². The number of primary amides is 1. The average molecular weight is 413 g/mol. The van der Waals surface area contributed by atoms with Gasteiger partial charge in [-0.3, -0.25) is 19.0 Å². The molecule has 2 heterocycles. The topological polar surface area (TPSA) is 104 Å². The van der Waals surface area contributed by atoms with E-state index in [9.17, 15) is 14.4 Å². The van der Waals surface area contributed by atoms with Gasteiger partial charge in [0.2, 0.25) is 0 Å². The van der Waals surface area contributed by atoms with Crippen LogP contribution in [0, 0.1) is 20.8 Å². The first kappa shape index (κ1) is 20.9. The zero-order valence-electron chi connectivity index (χ0n) is 16.9. The molecule has 0 aliphatic carbocycles. The van der Waals surface area contributed by atoms with Crippen molar-refractivity contribution in [1.29, 1.82) is 0 Å². The fraction of sp³-hybridized carbons (Fsp3) is 0.333. The first-order valence-corrected chi connectivity index (χ1v) is 9.98. The summed E-state index contributed by atoms with van der Waals surface area (Å²) in [6.45, 7) is 5.81. The third-order valence-corrected chi connectivity index (χ3v) is 6.21. The van der Waals surface area contributed by atoms with E-state index in [4.69, 9.17) is 10.5 Å². The van der Waals surface area contributed by atoms with Crippen molar-refractivity contribution in [2.24, 2.45) is 5.73 Å². The van der Waals surface area contributed by atoms with Crippen LogP contribution in [0.4, 0.5) is 0 Å². The molecule has 0 spiro atoms. The molecule has 152 valence electrons. The number of fused-ring (bicyclic) bond motifs is 1. The van der Waals surface area contributed by atoms with Crippen molar-refractivity contribution in [2.45, 2.75) is 33.7 Å². The van der Waals surface area contributed by atoms with Gasteiger partial charge in [-0.25, -0.2) is 4.98 Å². The third kappa shape index (κ3) is 3.99. The highest BCUT2D eigenvalue weighted by atomic mass is 32.1. The number of carbonyl (C=O) groups is 2. The maximum absolute atomic E-state index is 13.2. The van der Waals surface area contributed by atoms with Crippen LogP contribution in [0.2, 0.25) is 0 Å². The number of ketones is 1. The molecule has 29 heavy (non-hydrogen) atoms. The Morgan fingerprint density at radius 2 is 1.93 bits per heavy atom. The van der Waals surface area contributed by atoms with Gasteiger partial charge in [0.15, 0.2) is 5.78 Å². The number of nitrogens with two attached hydrogens (primary N) is 1. The molecule has 0 aliphatic rings. The molecule has 1 amide bonds. The molecule has 0 saturated heterocycles. The Labute approximate surface area is 172 Å². The van der Waals surface area contributed by atoms with Gasteiger partial charge in [0, 0.05) is 19.1 Å². The molecule has 0 aliphatic heterocycles. The highest BCUT2D eigenvalue weighted by Crippen LogP contribution is 2.27. The Bertz CT molecular complexity index is 1180. The fourth-order valence-corrected chi connectivity index (χ4v) is 4.23. The Morgan fingerprint density at radius 1 is 1.21 bits per heavy atom. The van der Waals surface area contributed by atoms with Crippen LogP contribution in [0.25, 0.3) is 10.2 Å². The van der Waals surface area contributed by atoms with Crippen molar-refractivity contribution < 1.29 is 14.3 Å². The lowest BCUT2D eigenvalue weighted by molar-refractivity contribution is 0.0966. The van der Waals surface area contributed by atoms with Crippen molar-refractivity contribution in [1.82, 2.24) is 9.55 Å². The molecule has 1 aromatic carbocycles. The van der Waals surface area contributed by atoms with E-state index in [2.05, 4.69) is 4.98 Å². The highest BCUT2D eigenvalue weighted by molar-refractivity contribution is 7.20. The number of thiophene rings is 1. The van der Waals surface area contributed by atoms with Crippen LogP contribution in [-0.2, 0) is 17.7 Å². The third-order valence-electron chi connectivity index (χ3n) is 5.01. The fourth-order valence-electron chi connectivity index (χ4n) is 3.19. The molecule has 7 nitrogen and oxygen atoms in total. The number of hydrogen-bond donors (Lipinski definition) is 1. The van der Waals surface area contributed by atoms with Gasteiger partial charge in [-0.2, -0.15) is 0 Å². The Balaban J connectivity index is 2.13. The second-order valence-electron chi connectivity index (χ2n) is 6.98. The number of benzene rings is 1. The molecule has 0 radical (unpaired) electrons. The summed E-state index contributed by atoms with van der Waals surface area (Å²) in [5.74, 6) is -0.335. The quantitative estimate of drug-likeness (QED) is 0.600. The van der Waals surface area contributed by atoms with E-state index < -0.39 is 5.91 Å². The van der Waals surface area contributed by atoms with E-state index in [-0.39, 0.29) is 17.9 Å². The molecular formula is C21H23N3O4S. The lowest BCUT2D eigenvalue weighted by atomic mass is 10.0. The Morgan fingerprint density at radius 3 is 2.55 bits per heavy atom. The first-order chi connectivity index (χ1) is 13.7. The summed E-state index contributed by atoms with van der Waals surface area (Å²) in [6, 6.07) is 5.48. The lowest BCUT2D eigenvalue weighted by Gasteiger charge is -2.12. The van der Waals surface area contributed by atoms with Crippen LogP contribution >= 0.6 is 11.3 Å². The van der Waals surface area contributed by atoms with Crippen molar-refractivity contribution in [3.05, 3.63) is 61.5 Å². The summed E-state index contributed by atoms with van der Waals surface area (Å²) in [5, 5.41) is 0.331. The van der Waals surface area contributed by atoms with E-state index >= 15 is 0 Å². The SMILES string of the molecule is COCCc1nc2sc(C(N)=O)c(C)c2c(=O)n1CC(=O)c1ccc(C)c(C)c1. The number of methoxy groups -OCH3 is 1. The maximum Gasteiger partial charge on any atom is 0.262 e. The molecule has 0 fully saturated rings. The summed E-state index contributed by atoms with van der Waals surface area (Å²) in [4.78, 5) is 43.1. The number of aryl methyl sites for hydroxylation is 3. The summed E-state index contributed by atoms with van der Waals surface area (Å²) in [6.07, 6.45) is 0.366. The predicted molar refractivity (Wildman–Crippen MR) is 113 cm³/mol. The van der Waals surface area contributed by atoms with Gasteiger partial charge in [0.1, 0.15) is 10.7 Å². The molecule has 3 rings (SSSR count). The number of aromatic nitrogens is 2. The minimum absolute atomic E-state index is 0.134. The van der Waals surface area contributed by atoms with Gasteiger partial charge in [0.05, 0.1) is 23.4 Å². The van der Waals surface area contributed by atoms with E-state index in [1.165, 1.54) is 4.57 Å². The zero-order valence-corrected chi connectivity index (χ0v) is 17.7. The van der Waals surface area contributed by atoms with Crippen LogP contribution in [-0.4, -0.2) is 35.0 Å². The van der Waals surface area contributed by atoms with Crippen LogP contribution in [0.1, 0.15) is 42.5 Å². The number of ether oxygens (including phenoxy) is 1. The van der Waals surface area contributed by atoms with E-state index in [1.807, 2.05) is 26.0 Å². The average Bonchev–Trinajstić information content (AvgIpc) is 3.01. The molecule has 0 atom stereocenters. The molecule has 0 bridgehead atoms. The smallest absolute Gasteiger partial charge is 0.262 e. The van der Waals surface area contributed by atoms with Crippen molar-refractivity contribution in [2.75, 3.05) is 13.7 Å². The van der Waals surface area contributed by atoms with E-state index in [0.717, 1.165) is 22.5 Å². The van der Waals surface area contributed by atoms with Crippen molar-refractivity contribution >= 4 is 33.2 Å². The number of hydrogen-bond acceptors (Lipinski definition) is 6. The van der Waals surface area contributed by atoms with Crippen molar-refractivity contribution in [3.8, 4) is 0 Å². The number of rotatable bonds is 7. The second kappa shape index (κ2) is 8.26. The van der Waals surface area contributed by atoms with Crippen LogP contribution in [0.15, 0.2) is 23.0 Å². The summed E-state index contributed by atoms with van der Waals surface area (Å²) >= 11 is 1.10.